The van der Waals surface area contributed by atoms with Crippen molar-refractivity contribution in [2.45, 2.75) is 53.8 Å². The summed E-state index contributed by atoms with van der Waals surface area (Å²) in [5.74, 6) is -6.10. The maximum absolute atomic E-state index is 14.0. The zero-order valence-corrected chi connectivity index (χ0v) is 42.2. The summed E-state index contributed by atoms with van der Waals surface area (Å²) in [5.41, 5.74) is 11.8. The lowest BCUT2D eigenvalue weighted by molar-refractivity contribution is -0.128. The summed E-state index contributed by atoms with van der Waals surface area (Å²) in [6.07, 6.45) is 0. The molecule has 12 nitrogen and oxygen atoms in total. The molecular weight excluding hydrogens is 979 g/mol. The Labute approximate surface area is 448 Å². The molecule has 0 aromatic heterocycles. The Kier molecular flexibility index (Phi) is 9.69. The average molecular weight is 1030 g/mol. The standard InChI is InChI=1S/C66H51N3O9/c70-58-52-49-37-13-1-7-19-43(37)64(55(52)61(73)67-58,44-20-8-2-14-38(44)49)31-76-28-34-25-35(29-77-32-65-45-21-9-3-15-39(45)50(40-16-4-10-22-46(40)65)53-56(65)62(74)68-59(53)71)27-36(26-34)30-78-33-66-47-23-11-5-17-41(47)51(42-18-6-12-24-48(42)66)54-57(66)63(75)69-60(54)72/h1-27,49-57H,28-33H2,(H,67,70,73)(H,68,71,74)(H,69,72,75). The highest BCUT2D eigenvalue weighted by atomic mass is 16.5. The van der Waals surface area contributed by atoms with Gasteiger partial charge in [0.15, 0.2) is 0 Å². The molecular formula is C66H51N3O9. The largest absolute Gasteiger partial charge is 0.375 e. The number of carbonyl (C=O) groups is 6. The average Bonchev–Trinajstić information content (AvgIpc) is 4.25. The van der Waals surface area contributed by atoms with E-state index in [1.165, 1.54) is 0 Å². The van der Waals surface area contributed by atoms with Crippen molar-refractivity contribution in [3.63, 3.8) is 0 Å². The van der Waals surface area contributed by atoms with Gasteiger partial charge in [0, 0.05) is 17.8 Å². The van der Waals surface area contributed by atoms with Crippen molar-refractivity contribution in [3.05, 3.63) is 247 Å². The van der Waals surface area contributed by atoms with Crippen LogP contribution in [0, 0.1) is 35.5 Å². The highest BCUT2D eigenvalue weighted by Gasteiger charge is 2.69. The third kappa shape index (κ3) is 5.79. The van der Waals surface area contributed by atoms with Gasteiger partial charge in [-0.05, 0) is 83.5 Å². The van der Waals surface area contributed by atoms with Gasteiger partial charge in [-0.1, -0.05) is 164 Å². The minimum absolute atomic E-state index is 0.125. The van der Waals surface area contributed by atoms with E-state index in [1.807, 2.05) is 91.0 Å². The number of hydrogen-bond acceptors (Lipinski definition) is 9. The summed E-state index contributed by atoms with van der Waals surface area (Å²) >= 11 is 0. The SMILES string of the molecule is O=C1NC(=O)C2C1C1c3ccccc3C2(COCc2cc(COCC34c5ccccc5C(c5ccccc53)C3C(=O)NC(=O)C34)cc(COCC34c5ccccc5C(c5ccccc53)C3C(=O)NC(=O)C34)c2)c2ccccc21. The van der Waals surface area contributed by atoms with Crippen molar-refractivity contribution in [1.82, 2.24) is 16.0 Å². The molecule has 19 rings (SSSR count). The molecule has 3 heterocycles. The van der Waals surface area contributed by atoms with Crippen LogP contribution < -0.4 is 16.0 Å². The van der Waals surface area contributed by atoms with Gasteiger partial charge in [-0.25, -0.2) is 0 Å². The highest BCUT2D eigenvalue weighted by molar-refractivity contribution is 6.10. The lowest BCUT2D eigenvalue weighted by Gasteiger charge is -2.54. The predicted octanol–water partition coefficient (Wildman–Crippen LogP) is 7.24. The number of rotatable bonds is 12. The fourth-order valence-electron chi connectivity index (χ4n) is 17.4. The van der Waals surface area contributed by atoms with Gasteiger partial charge in [-0.2, -0.15) is 0 Å². The van der Waals surface area contributed by atoms with Gasteiger partial charge in [0.25, 0.3) is 0 Å². The molecule has 6 amide bonds. The number of nitrogens with one attached hydrogen (secondary N) is 3. The van der Waals surface area contributed by atoms with Crippen LogP contribution in [0.1, 0.15) is 101 Å². The molecule has 9 aliphatic carbocycles. The van der Waals surface area contributed by atoms with Crippen molar-refractivity contribution >= 4 is 35.4 Å². The molecule has 0 saturated carbocycles. The first-order valence-corrected chi connectivity index (χ1v) is 27.1. The molecule has 7 aromatic rings. The van der Waals surface area contributed by atoms with E-state index in [2.05, 4.69) is 88.7 Å². The highest BCUT2D eigenvalue weighted by Crippen LogP contribution is 2.66. The Morgan fingerprint density at radius 3 is 0.756 bits per heavy atom. The molecule has 384 valence electrons. The molecule has 7 aromatic carbocycles. The Morgan fingerprint density at radius 1 is 0.308 bits per heavy atom. The minimum Gasteiger partial charge on any atom is -0.375 e. The summed E-state index contributed by atoms with van der Waals surface area (Å²) < 4.78 is 20.8. The Bertz CT molecular complexity index is 3320. The van der Waals surface area contributed by atoms with E-state index in [0.29, 0.717) is 0 Å². The van der Waals surface area contributed by atoms with Gasteiger partial charge in [0.05, 0.1) is 91.4 Å². The number of hydrogen-bond donors (Lipinski definition) is 3. The van der Waals surface area contributed by atoms with E-state index in [9.17, 15) is 28.8 Å². The molecule has 78 heavy (non-hydrogen) atoms. The molecule has 6 unspecified atom stereocenters. The fourth-order valence-corrected chi connectivity index (χ4v) is 17.4. The zero-order chi connectivity index (χ0) is 52.4. The van der Waals surface area contributed by atoms with Crippen molar-refractivity contribution < 1.29 is 43.0 Å². The first-order valence-electron chi connectivity index (χ1n) is 27.1. The number of ether oxygens (including phenoxy) is 3. The second kappa shape index (κ2) is 16.4. The zero-order valence-electron chi connectivity index (χ0n) is 42.2. The van der Waals surface area contributed by atoms with Gasteiger partial charge in [-0.15, -0.1) is 0 Å². The minimum atomic E-state index is -0.942. The Balaban J connectivity index is 0.759. The lowest BCUT2D eigenvalue weighted by Crippen LogP contribution is -2.56. The Hall–Kier alpha value is -8.16. The van der Waals surface area contributed by atoms with Gasteiger partial charge in [0.2, 0.25) is 35.4 Å². The second-order valence-corrected chi connectivity index (χ2v) is 23.1. The summed E-state index contributed by atoms with van der Waals surface area (Å²) in [5, 5.41) is 8.10. The van der Waals surface area contributed by atoms with E-state index < -0.39 is 51.8 Å². The van der Waals surface area contributed by atoms with Crippen molar-refractivity contribution in [1.29, 1.82) is 0 Å². The normalized spacial score (nSPS) is 31.0. The topological polar surface area (TPSA) is 166 Å². The molecule has 12 heteroatoms. The maximum Gasteiger partial charge on any atom is 0.231 e. The van der Waals surface area contributed by atoms with Crippen LogP contribution in [0.5, 0.6) is 0 Å². The molecule has 0 radical (unpaired) electrons. The van der Waals surface area contributed by atoms with Crippen LogP contribution in [0.2, 0.25) is 0 Å². The molecule has 6 bridgehead atoms. The molecule has 3 saturated heterocycles. The maximum atomic E-state index is 14.0. The van der Waals surface area contributed by atoms with Gasteiger partial charge >= 0.3 is 0 Å². The second-order valence-electron chi connectivity index (χ2n) is 23.1. The Morgan fingerprint density at radius 2 is 0.526 bits per heavy atom. The van der Waals surface area contributed by atoms with Crippen molar-refractivity contribution in [2.75, 3.05) is 19.8 Å². The van der Waals surface area contributed by atoms with E-state index in [0.717, 1.165) is 83.5 Å². The number of carbonyl (C=O) groups excluding carboxylic acids is 6. The quantitative estimate of drug-likeness (QED) is 0.107. The molecule has 3 aliphatic heterocycles. The van der Waals surface area contributed by atoms with Crippen LogP contribution in [-0.2, 0) is 79.0 Å². The first-order chi connectivity index (χ1) is 38.1. The van der Waals surface area contributed by atoms with Crippen LogP contribution in [0.3, 0.4) is 0 Å². The first kappa shape index (κ1) is 46.0. The van der Waals surface area contributed by atoms with Crippen LogP contribution in [0.25, 0.3) is 0 Å². The molecule has 3 fully saturated rings. The van der Waals surface area contributed by atoms with Crippen LogP contribution >= 0.6 is 0 Å². The van der Waals surface area contributed by atoms with Gasteiger partial charge in [0.1, 0.15) is 0 Å². The van der Waals surface area contributed by atoms with E-state index >= 15 is 0 Å². The predicted molar refractivity (Wildman–Crippen MR) is 282 cm³/mol. The van der Waals surface area contributed by atoms with Crippen molar-refractivity contribution in [3.8, 4) is 0 Å². The third-order valence-corrected chi connectivity index (χ3v) is 19.8. The van der Waals surface area contributed by atoms with E-state index in [1.54, 1.807) is 0 Å². The smallest absolute Gasteiger partial charge is 0.231 e. The monoisotopic (exact) mass is 1030 g/mol. The van der Waals surface area contributed by atoms with Gasteiger partial charge < -0.3 is 14.2 Å². The van der Waals surface area contributed by atoms with Gasteiger partial charge in [-0.3, -0.25) is 44.7 Å². The molecule has 3 N–H and O–H groups in total. The number of imide groups is 3. The van der Waals surface area contributed by atoms with E-state index in [4.69, 9.17) is 14.2 Å². The molecule has 6 atom stereocenters. The summed E-state index contributed by atoms with van der Waals surface area (Å²) in [6, 6.07) is 54.9. The van der Waals surface area contributed by atoms with Crippen LogP contribution in [-0.4, -0.2) is 55.3 Å². The van der Waals surface area contributed by atoms with Crippen molar-refractivity contribution in [2.24, 2.45) is 35.5 Å². The number of amides is 6. The van der Waals surface area contributed by atoms with E-state index in [-0.39, 0.29) is 92.8 Å². The summed E-state index contributed by atoms with van der Waals surface area (Å²) in [7, 11) is 0. The molecule has 12 aliphatic rings. The molecule has 0 spiro atoms. The fraction of sp³-hybridized carbons (Fsp3) is 0.273. The summed E-state index contributed by atoms with van der Waals surface area (Å²) in [6.45, 7) is 0.789. The number of benzene rings is 7. The van der Waals surface area contributed by atoms with Crippen LogP contribution in [0.15, 0.2) is 164 Å². The third-order valence-electron chi connectivity index (χ3n) is 19.8. The summed E-state index contributed by atoms with van der Waals surface area (Å²) in [4.78, 5) is 83.4. The lowest BCUT2D eigenvalue weighted by atomic mass is 9.47. The van der Waals surface area contributed by atoms with Crippen LogP contribution in [0.4, 0.5) is 0 Å².